The molecule has 1 aromatic carbocycles. The van der Waals surface area contributed by atoms with Crippen LogP contribution in [0.15, 0.2) is 12.1 Å². The Kier molecular flexibility index (Phi) is 5.13. The number of hydrogen-bond donors (Lipinski definition) is 1. The van der Waals surface area contributed by atoms with E-state index in [4.69, 9.17) is 9.47 Å². The van der Waals surface area contributed by atoms with E-state index >= 15 is 0 Å². The third kappa shape index (κ3) is 4.00. The average Bonchev–Trinajstić information content (AvgIpc) is 2.92. The number of benzene rings is 1. The molecule has 0 radical (unpaired) electrons. The summed E-state index contributed by atoms with van der Waals surface area (Å²) in [7, 11) is 1.61. The van der Waals surface area contributed by atoms with Crippen LogP contribution in [0.3, 0.4) is 0 Å². The molecule has 1 fully saturated rings. The van der Waals surface area contributed by atoms with Crippen LogP contribution in [-0.2, 0) is 9.53 Å². The van der Waals surface area contributed by atoms with Gasteiger partial charge in [-0.1, -0.05) is 0 Å². The molecule has 5 nitrogen and oxygen atoms in total. The standard InChI is InChI=1S/C17H22N2O3S/c1-11-18-14-8-15(21-2)13(9-16(14)23-11)19-17(20)6-5-12-4-3-7-22-10-12/h8-9,12H,3-7,10H2,1-2H3,(H,19,20)/t12-/m1/s1. The van der Waals surface area contributed by atoms with E-state index in [9.17, 15) is 4.79 Å². The highest BCUT2D eigenvalue weighted by molar-refractivity contribution is 7.18. The van der Waals surface area contributed by atoms with Crippen LogP contribution in [0.1, 0.15) is 30.7 Å². The minimum absolute atomic E-state index is 0.0226. The second kappa shape index (κ2) is 7.27. The highest BCUT2D eigenvalue weighted by Gasteiger charge is 2.16. The van der Waals surface area contributed by atoms with Crippen molar-refractivity contribution in [3.05, 3.63) is 17.1 Å². The van der Waals surface area contributed by atoms with Gasteiger partial charge in [0, 0.05) is 25.7 Å². The Morgan fingerprint density at radius 3 is 3.13 bits per heavy atom. The van der Waals surface area contributed by atoms with Gasteiger partial charge >= 0.3 is 0 Å². The fourth-order valence-electron chi connectivity index (χ4n) is 2.92. The van der Waals surface area contributed by atoms with Gasteiger partial charge in [-0.3, -0.25) is 4.79 Å². The Balaban J connectivity index is 1.65. The van der Waals surface area contributed by atoms with Crippen molar-refractivity contribution in [1.82, 2.24) is 4.98 Å². The van der Waals surface area contributed by atoms with Gasteiger partial charge in [-0.15, -0.1) is 11.3 Å². The van der Waals surface area contributed by atoms with E-state index in [0.717, 1.165) is 47.7 Å². The summed E-state index contributed by atoms with van der Waals surface area (Å²) < 4.78 is 11.9. The van der Waals surface area contributed by atoms with Crippen molar-refractivity contribution in [3.63, 3.8) is 0 Å². The maximum atomic E-state index is 12.2. The van der Waals surface area contributed by atoms with E-state index in [1.54, 1.807) is 18.4 Å². The maximum absolute atomic E-state index is 12.2. The number of aromatic nitrogens is 1. The number of carbonyl (C=O) groups is 1. The predicted octanol–water partition coefficient (Wildman–Crippen LogP) is 3.76. The van der Waals surface area contributed by atoms with Gasteiger partial charge in [0.2, 0.25) is 5.91 Å². The summed E-state index contributed by atoms with van der Waals surface area (Å²) in [5.41, 5.74) is 1.62. The van der Waals surface area contributed by atoms with Crippen LogP contribution in [0.2, 0.25) is 0 Å². The second-order valence-electron chi connectivity index (χ2n) is 5.92. The predicted molar refractivity (Wildman–Crippen MR) is 92.3 cm³/mol. The SMILES string of the molecule is COc1cc2nc(C)sc2cc1NC(=O)CC[C@H]1CCCOC1. The number of methoxy groups -OCH3 is 1. The monoisotopic (exact) mass is 334 g/mol. The number of anilines is 1. The van der Waals surface area contributed by atoms with Gasteiger partial charge in [0.15, 0.2) is 0 Å². The molecule has 1 saturated heterocycles. The van der Waals surface area contributed by atoms with Gasteiger partial charge < -0.3 is 14.8 Å². The largest absolute Gasteiger partial charge is 0.494 e. The molecule has 0 spiro atoms. The first-order valence-corrected chi connectivity index (χ1v) is 8.80. The first-order valence-electron chi connectivity index (χ1n) is 7.98. The molecule has 1 amide bonds. The average molecular weight is 334 g/mol. The lowest BCUT2D eigenvalue weighted by Gasteiger charge is -2.21. The van der Waals surface area contributed by atoms with E-state index in [1.807, 2.05) is 19.1 Å². The van der Waals surface area contributed by atoms with Crippen molar-refractivity contribution in [2.24, 2.45) is 5.92 Å². The van der Waals surface area contributed by atoms with Crippen molar-refractivity contribution in [1.29, 1.82) is 0 Å². The van der Waals surface area contributed by atoms with Crippen molar-refractivity contribution in [3.8, 4) is 5.75 Å². The second-order valence-corrected chi connectivity index (χ2v) is 7.16. The van der Waals surface area contributed by atoms with Gasteiger partial charge in [-0.2, -0.15) is 0 Å². The third-order valence-corrected chi connectivity index (χ3v) is 5.06. The minimum Gasteiger partial charge on any atom is -0.494 e. The summed E-state index contributed by atoms with van der Waals surface area (Å²) in [6, 6.07) is 3.82. The van der Waals surface area contributed by atoms with Crippen molar-refractivity contribution in [2.75, 3.05) is 25.6 Å². The Morgan fingerprint density at radius 2 is 2.39 bits per heavy atom. The van der Waals surface area contributed by atoms with E-state index in [-0.39, 0.29) is 5.91 Å². The van der Waals surface area contributed by atoms with Crippen LogP contribution in [0.25, 0.3) is 10.2 Å². The molecule has 2 aromatic rings. The van der Waals surface area contributed by atoms with E-state index in [0.29, 0.717) is 23.8 Å². The molecule has 1 aliphatic heterocycles. The van der Waals surface area contributed by atoms with Crippen LogP contribution in [-0.4, -0.2) is 31.2 Å². The van der Waals surface area contributed by atoms with E-state index in [2.05, 4.69) is 10.3 Å². The quantitative estimate of drug-likeness (QED) is 0.904. The highest BCUT2D eigenvalue weighted by Crippen LogP contribution is 2.33. The molecule has 6 heteroatoms. The molecule has 23 heavy (non-hydrogen) atoms. The number of aryl methyl sites for hydroxylation is 1. The van der Waals surface area contributed by atoms with Crippen LogP contribution in [0.5, 0.6) is 5.75 Å². The molecule has 0 bridgehead atoms. The summed E-state index contributed by atoms with van der Waals surface area (Å²) in [5, 5.41) is 3.98. The molecule has 0 unspecified atom stereocenters. The van der Waals surface area contributed by atoms with Gasteiger partial charge in [0.25, 0.3) is 0 Å². The summed E-state index contributed by atoms with van der Waals surface area (Å²) in [4.78, 5) is 16.7. The number of nitrogens with one attached hydrogen (secondary N) is 1. The topological polar surface area (TPSA) is 60.5 Å². The fourth-order valence-corrected chi connectivity index (χ4v) is 3.77. The number of amides is 1. The lowest BCUT2D eigenvalue weighted by molar-refractivity contribution is -0.116. The van der Waals surface area contributed by atoms with Gasteiger partial charge in [0.05, 0.1) is 28.0 Å². The molecule has 3 rings (SSSR count). The lowest BCUT2D eigenvalue weighted by Crippen LogP contribution is -2.20. The van der Waals surface area contributed by atoms with Crippen LogP contribution >= 0.6 is 11.3 Å². The Labute approximate surface area is 140 Å². The van der Waals surface area contributed by atoms with Crippen molar-refractivity contribution < 1.29 is 14.3 Å². The first kappa shape index (κ1) is 16.2. The molecule has 124 valence electrons. The highest BCUT2D eigenvalue weighted by atomic mass is 32.1. The number of thiazole rings is 1. The molecular formula is C17H22N2O3S. The molecule has 1 N–H and O–H groups in total. The third-order valence-electron chi connectivity index (χ3n) is 4.12. The van der Waals surface area contributed by atoms with Crippen LogP contribution in [0.4, 0.5) is 5.69 Å². The maximum Gasteiger partial charge on any atom is 0.224 e. The fraction of sp³-hybridized carbons (Fsp3) is 0.529. The molecule has 0 aliphatic carbocycles. The van der Waals surface area contributed by atoms with Gasteiger partial charge in [-0.05, 0) is 38.2 Å². The van der Waals surface area contributed by atoms with Crippen molar-refractivity contribution in [2.45, 2.75) is 32.6 Å². The van der Waals surface area contributed by atoms with Gasteiger partial charge in [0.1, 0.15) is 5.75 Å². The van der Waals surface area contributed by atoms with Crippen molar-refractivity contribution >= 4 is 33.1 Å². The zero-order valence-corrected chi connectivity index (χ0v) is 14.4. The summed E-state index contributed by atoms with van der Waals surface area (Å²) in [5.74, 6) is 1.18. The summed E-state index contributed by atoms with van der Waals surface area (Å²) in [6.07, 6.45) is 3.64. The van der Waals surface area contributed by atoms with E-state index in [1.165, 1.54) is 0 Å². The molecule has 1 aromatic heterocycles. The summed E-state index contributed by atoms with van der Waals surface area (Å²) in [6.45, 7) is 3.61. The number of hydrogen-bond acceptors (Lipinski definition) is 5. The molecule has 1 atom stereocenters. The number of nitrogens with zero attached hydrogens (tertiary/aromatic N) is 1. The molecule has 1 aliphatic rings. The Morgan fingerprint density at radius 1 is 1.52 bits per heavy atom. The number of ether oxygens (including phenoxy) is 2. The van der Waals surface area contributed by atoms with Crippen LogP contribution < -0.4 is 10.1 Å². The zero-order chi connectivity index (χ0) is 16.2. The smallest absolute Gasteiger partial charge is 0.224 e. The van der Waals surface area contributed by atoms with Crippen LogP contribution in [0, 0.1) is 12.8 Å². The Hall–Kier alpha value is -1.66. The molecule has 2 heterocycles. The zero-order valence-electron chi connectivity index (χ0n) is 13.6. The Bertz CT molecular complexity index is 692. The number of carbonyl (C=O) groups excluding carboxylic acids is 1. The molecule has 0 saturated carbocycles. The minimum atomic E-state index is 0.0226. The number of rotatable bonds is 5. The molecular weight excluding hydrogens is 312 g/mol. The lowest BCUT2D eigenvalue weighted by atomic mass is 9.97. The van der Waals surface area contributed by atoms with E-state index < -0.39 is 0 Å². The normalized spacial score (nSPS) is 18.1. The van der Waals surface area contributed by atoms with Gasteiger partial charge in [-0.25, -0.2) is 4.98 Å². The first-order chi connectivity index (χ1) is 11.2. The summed E-state index contributed by atoms with van der Waals surface area (Å²) >= 11 is 1.61. The number of fused-ring (bicyclic) bond motifs is 1.